The third-order valence-corrected chi connectivity index (χ3v) is 8.39. The van der Waals surface area contributed by atoms with E-state index >= 15 is 0 Å². The van der Waals surface area contributed by atoms with Gasteiger partial charge in [-0.25, -0.2) is 0 Å². The van der Waals surface area contributed by atoms with Crippen molar-refractivity contribution < 1.29 is 5.11 Å². The number of likely N-dealkylation sites (tertiary alicyclic amines) is 1. The summed E-state index contributed by atoms with van der Waals surface area (Å²) in [5.74, 6) is 2.45. The second-order valence-corrected chi connectivity index (χ2v) is 10.5. The molecule has 2 fully saturated rings. The first-order valence-corrected chi connectivity index (χ1v) is 12.6. The Hall–Kier alpha value is -0.760. The molecule has 0 radical (unpaired) electrons. The lowest BCUT2D eigenvalue weighted by Gasteiger charge is -2.44. The molecule has 4 atom stereocenters. The number of piperidine rings is 1. The average Bonchev–Trinajstić information content (AvgIpc) is 3.21. The maximum atomic E-state index is 10.8. The topological polar surface area (TPSA) is 59.9 Å². The van der Waals surface area contributed by atoms with Crippen LogP contribution in [0.4, 0.5) is 0 Å². The van der Waals surface area contributed by atoms with Crippen molar-refractivity contribution in [2.24, 2.45) is 10.9 Å². The fourth-order valence-electron chi connectivity index (χ4n) is 4.38. The molecule has 0 aromatic carbocycles. The van der Waals surface area contributed by atoms with Gasteiger partial charge in [0.05, 0.1) is 12.1 Å². The van der Waals surface area contributed by atoms with Gasteiger partial charge in [0, 0.05) is 29.3 Å². The van der Waals surface area contributed by atoms with Crippen LogP contribution >= 0.6 is 23.1 Å². The van der Waals surface area contributed by atoms with Gasteiger partial charge in [-0.05, 0) is 69.3 Å². The monoisotopic (exact) mass is 424 g/mol. The highest BCUT2D eigenvalue weighted by Gasteiger charge is 2.45. The van der Waals surface area contributed by atoms with Gasteiger partial charge in [0.1, 0.15) is 0 Å². The summed E-state index contributed by atoms with van der Waals surface area (Å²) >= 11 is 3.72. The van der Waals surface area contributed by atoms with Gasteiger partial charge in [0.2, 0.25) is 0 Å². The first-order valence-electron chi connectivity index (χ1n) is 10.7. The Morgan fingerprint density at radius 1 is 1.39 bits per heavy atom. The van der Waals surface area contributed by atoms with Gasteiger partial charge >= 0.3 is 0 Å². The molecule has 0 spiro atoms. The van der Waals surface area contributed by atoms with Gasteiger partial charge in [-0.3, -0.25) is 9.89 Å². The van der Waals surface area contributed by atoms with Crippen LogP contribution < -0.4 is 10.6 Å². The maximum Gasteiger partial charge on any atom is 0.191 e. The summed E-state index contributed by atoms with van der Waals surface area (Å²) in [6.07, 6.45) is 4.44. The lowest BCUT2D eigenvalue weighted by atomic mass is 9.79. The lowest BCUT2D eigenvalue weighted by molar-refractivity contribution is -0.0154. The number of hydrogen-bond acceptors (Lipinski definition) is 5. The number of thioether (sulfide) groups is 1. The normalized spacial score (nSPS) is 31.4. The second-order valence-electron chi connectivity index (χ2n) is 8.01. The zero-order valence-electron chi connectivity index (χ0n) is 17.5. The molecule has 28 heavy (non-hydrogen) atoms. The van der Waals surface area contributed by atoms with Crippen LogP contribution in [-0.4, -0.2) is 65.8 Å². The van der Waals surface area contributed by atoms with E-state index in [1.54, 1.807) is 0 Å². The van der Waals surface area contributed by atoms with Gasteiger partial charge in [-0.2, -0.15) is 11.8 Å². The van der Waals surface area contributed by atoms with Crippen LogP contribution in [0.25, 0.3) is 0 Å². The van der Waals surface area contributed by atoms with Crippen LogP contribution in [0.3, 0.4) is 0 Å². The van der Waals surface area contributed by atoms with Crippen molar-refractivity contribution in [1.29, 1.82) is 0 Å². The average molecular weight is 425 g/mol. The Kier molecular flexibility index (Phi) is 8.09. The Morgan fingerprint density at radius 2 is 2.25 bits per heavy atom. The van der Waals surface area contributed by atoms with E-state index in [0.717, 1.165) is 44.2 Å². The number of rotatable bonds is 8. The van der Waals surface area contributed by atoms with E-state index in [9.17, 15) is 5.11 Å². The van der Waals surface area contributed by atoms with Gasteiger partial charge < -0.3 is 15.7 Å². The molecule has 158 valence electrons. The first kappa shape index (κ1) is 21.9. The molecule has 4 unspecified atom stereocenters. The maximum absolute atomic E-state index is 10.8. The predicted molar refractivity (Wildman–Crippen MR) is 122 cm³/mol. The van der Waals surface area contributed by atoms with Gasteiger partial charge in [0.15, 0.2) is 5.96 Å². The number of nitrogens with one attached hydrogen (secondary N) is 2. The molecule has 0 bridgehead atoms. The number of thiophene rings is 1. The van der Waals surface area contributed by atoms with E-state index < -0.39 is 5.60 Å². The Balaban J connectivity index is 1.60. The van der Waals surface area contributed by atoms with E-state index in [-0.39, 0.29) is 0 Å². The summed E-state index contributed by atoms with van der Waals surface area (Å²) in [5.41, 5.74) is -0.631. The van der Waals surface area contributed by atoms with Gasteiger partial charge in [-0.15, -0.1) is 11.3 Å². The van der Waals surface area contributed by atoms with Crippen LogP contribution in [0.5, 0.6) is 0 Å². The minimum atomic E-state index is -0.631. The smallest absolute Gasteiger partial charge is 0.191 e. The minimum absolute atomic E-state index is 0.333. The molecular weight excluding hydrogens is 388 g/mol. The van der Waals surface area contributed by atoms with Crippen molar-refractivity contribution >= 4 is 29.1 Å². The summed E-state index contributed by atoms with van der Waals surface area (Å²) in [5, 5.41) is 20.3. The fraction of sp³-hybridized carbons (Fsp3) is 0.762. The van der Waals surface area contributed by atoms with Crippen molar-refractivity contribution in [3.63, 3.8) is 0 Å². The zero-order chi connectivity index (χ0) is 20.0. The van der Waals surface area contributed by atoms with Crippen LogP contribution in [0, 0.1) is 5.92 Å². The molecule has 1 aromatic heterocycles. The van der Waals surface area contributed by atoms with Crippen molar-refractivity contribution in [3.05, 3.63) is 22.4 Å². The third kappa shape index (κ3) is 5.23. The molecular formula is C21H36N4OS2. The molecule has 3 rings (SSSR count). The summed E-state index contributed by atoms with van der Waals surface area (Å²) in [6.45, 7) is 7.63. The van der Waals surface area contributed by atoms with Gasteiger partial charge in [0.25, 0.3) is 0 Å². The van der Waals surface area contributed by atoms with Crippen LogP contribution in [0.15, 0.2) is 22.5 Å². The number of hydrogen-bond donors (Lipinski definition) is 3. The highest BCUT2D eigenvalue weighted by atomic mass is 32.2. The van der Waals surface area contributed by atoms with Crippen molar-refractivity contribution in [2.45, 2.75) is 56.4 Å². The first-order chi connectivity index (χ1) is 13.6. The predicted octanol–water partition coefficient (Wildman–Crippen LogP) is 3.33. The van der Waals surface area contributed by atoms with Crippen molar-refractivity contribution in [3.8, 4) is 0 Å². The molecule has 2 heterocycles. The van der Waals surface area contributed by atoms with E-state index in [1.807, 2.05) is 23.1 Å². The van der Waals surface area contributed by atoms with Crippen molar-refractivity contribution in [1.82, 2.24) is 15.5 Å². The number of nitrogens with zero attached hydrogens (tertiary/aromatic N) is 2. The standard InChI is InChI=1S/C21H36N4OS2/c1-4-22-20(24-15-21(26)11-10-18(21)27-5-2)23-14-16-8-6-12-25(3)19(16)17-9-7-13-28-17/h7,9,13,16,18-19,26H,4-6,8,10-12,14-15H2,1-3H3,(H2,22,23,24). The summed E-state index contributed by atoms with van der Waals surface area (Å²) in [7, 11) is 2.24. The van der Waals surface area contributed by atoms with Crippen LogP contribution in [0.1, 0.15) is 50.4 Å². The molecule has 3 N–H and O–H groups in total. The molecule has 1 saturated heterocycles. The largest absolute Gasteiger partial charge is 0.387 e. The van der Waals surface area contributed by atoms with Gasteiger partial charge in [-0.1, -0.05) is 13.0 Å². The Bertz CT molecular complexity index is 624. The fourth-order valence-corrected chi connectivity index (χ4v) is 6.56. The summed E-state index contributed by atoms with van der Waals surface area (Å²) in [4.78, 5) is 8.70. The molecule has 7 heteroatoms. The number of aliphatic imine (C=N–C) groups is 1. The highest BCUT2D eigenvalue weighted by Crippen LogP contribution is 2.41. The lowest BCUT2D eigenvalue weighted by Crippen LogP contribution is -2.53. The third-order valence-electron chi connectivity index (χ3n) is 6.04. The van der Waals surface area contributed by atoms with E-state index in [1.165, 1.54) is 17.7 Å². The SMILES string of the molecule is CCNC(=NCC1(O)CCC1SCC)NCC1CCCN(C)C1c1cccs1. The van der Waals surface area contributed by atoms with E-state index in [0.29, 0.717) is 23.8 Å². The molecule has 0 amide bonds. The van der Waals surface area contributed by atoms with E-state index in [4.69, 9.17) is 4.99 Å². The molecule has 2 aliphatic rings. The Morgan fingerprint density at radius 3 is 2.89 bits per heavy atom. The van der Waals surface area contributed by atoms with Crippen LogP contribution in [-0.2, 0) is 0 Å². The number of guanidine groups is 1. The minimum Gasteiger partial charge on any atom is -0.387 e. The highest BCUT2D eigenvalue weighted by molar-refractivity contribution is 8.00. The molecule has 1 aliphatic carbocycles. The summed E-state index contributed by atoms with van der Waals surface area (Å²) < 4.78 is 0. The van der Waals surface area contributed by atoms with Crippen molar-refractivity contribution in [2.75, 3.05) is 39.0 Å². The second kappa shape index (κ2) is 10.3. The number of aliphatic hydroxyl groups is 1. The molecule has 1 aromatic rings. The van der Waals surface area contributed by atoms with Crippen LogP contribution in [0.2, 0.25) is 0 Å². The molecule has 1 saturated carbocycles. The quantitative estimate of drug-likeness (QED) is 0.441. The van der Waals surface area contributed by atoms with E-state index in [2.05, 4.69) is 53.9 Å². The molecule has 5 nitrogen and oxygen atoms in total. The zero-order valence-corrected chi connectivity index (χ0v) is 19.1. The molecule has 1 aliphatic heterocycles. The Labute approximate surface area is 178 Å². The summed E-state index contributed by atoms with van der Waals surface area (Å²) in [6, 6.07) is 4.90.